The van der Waals surface area contributed by atoms with Crippen LogP contribution in [0.2, 0.25) is 0 Å². The van der Waals surface area contributed by atoms with Crippen molar-refractivity contribution < 1.29 is 4.79 Å². The number of carbonyl (C=O) groups is 1. The zero-order valence-corrected chi connectivity index (χ0v) is 8.71. The van der Waals surface area contributed by atoms with Gasteiger partial charge < -0.3 is 4.57 Å². The highest BCUT2D eigenvalue weighted by Gasteiger charge is 2.09. The Balaban J connectivity index is 2.43. The van der Waals surface area contributed by atoms with Gasteiger partial charge in [-0.2, -0.15) is 0 Å². The number of thiazole rings is 1. The molecule has 5 heteroatoms. The van der Waals surface area contributed by atoms with Gasteiger partial charge in [-0.25, -0.2) is 9.97 Å². The Morgan fingerprint density at radius 1 is 1.50 bits per heavy atom. The lowest BCUT2D eigenvalue weighted by atomic mass is 10.4. The zero-order valence-electron chi connectivity index (χ0n) is 7.89. The summed E-state index contributed by atoms with van der Waals surface area (Å²) in [5, 5.41) is 0.829. The van der Waals surface area contributed by atoms with E-state index in [0.29, 0.717) is 4.88 Å². The SMILES string of the molecule is CC(=O)c1cnc(-c2cncn2C)s1. The summed E-state index contributed by atoms with van der Waals surface area (Å²) in [5.74, 6) is 0.0518. The van der Waals surface area contributed by atoms with E-state index in [2.05, 4.69) is 9.97 Å². The van der Waals surface area contributed by atoms with Gasteiger partial charge in [0.1, 0.15) is 5.01 Å². The summed E-state index contributed by atoms with van der Waals surface area (Å²) < 4.78 is 1.88. The van der Waals surface area contributed by atoms with Gasteiger partial charge >= 0.3 is 0 Å². The molecule has 0 unspecified atom stereocenters. The summed E-state index contributed by atoms with van der Waals surface area (Å²) in [6.07, 6.45) is 5.06. The molecule has 0 atom stereocenters. The minimum atomic E-state index is 0.0518. The fourth-order valence-corrected chi connectivity index (χ4v) is 1.98. The van der Waals surface area contributed by atoms with Gasteiger partial charge in [0.25, 0.3) is 0 Å². The first-order valence-corrected chi connectivity index (χ1v) is 4.93. The van der Waals surface area contributed by atoms with E-state index in [0.717, 1.165) is 10.7 Å². The second kappa shape index (κ2) is 3.34. The Bertz CT molecular complexity index is 472. The Labute approximate surface area is 85.2 Å². The highest BCUT2D eigenvalue weighted by atomic mass is 32.1. The van der Waals surface area contributed by atoms with Gasteiger partial charge in [-0.05, 0) is 0 Å². The number of hydrogen-bond donors (Lipinski definition) is 0. The first-order valence-electron chi connectivity index (χ1n) is 4.12. The van der Waals surface area contributed by atoms with Crippen LogP contribution in [-0.4, -0.2) is 20.3 Å². The lowest BCUT2D eigenvalue weighted by Crippen LogP contribution is -1.87. The molecule has 0 bridgehead atoms. The van der Waals surface area contributed by atoms with Crippen molar-refractivity contribution in [2.75, 3.05) is 0 Å². The average Bonchev–Trinajstić information content (AvgIpc) is 2.71. The van der Waals surface area contributed by atoms with Crippen LogP contribution in [0.4, 0.5) is 0 Å². The summed E-state index contributed by atoms with van der Waals surface area (Å²) in [6, 6.07) is 0. The molecule has 0 spiro atoms. The average molecular weight is 207 g/mol. The number of aryl methyl sites for hydroxylation is 1. The Kier molecular flexibility index (Phi) is 2.17. The van der Waals surface area contributed by atoms with Crippen LogP contribution in [0.1, 0.15) is 16.6 Å². The molecular formula is C9H9N3OS. The third kappa shape index (κ3) is 1.46. The molecule has 0 amide bonds. The van der Waals surface area contributed by atoms with Gasteiger partial charge in [-0.15, -0.1) is 11.3 Å². The van der Waals surface area contributed by atoms with Gasteiger partial charge in [-0.3, -0.25) is 4.79 Å². The van der Waals surface area contributed by atoms with E-state index >= 15 is 0 Å². The molecule has 0 N–H and O–H groups in total. The molecule has 0 saturated carbocycles. The first-order chi connectivity index (χ1) is 6.68. The van der Waals surface area contributed by atoms with E-state index in [-0.39, 0.29) is 5.78 Å². The molecule has 0 saturated heterocycles. The monoisotopic (exact) mass is 207 g/mol. The summed E-state index contributed by atoms with van der Waals surface area (Å²) in [5.41, 5.74) is 0.933. The highest BCUT2D eigenvalue weighted by molar-refractivity contribution is 7.16. The largest absolute Gasteiger partial charge is 0.332 e. The second-order valence-electron chi connectivity index (χ2n) is 2.98. The lowest BCUT2D eigenvalue weighted by Gasteiger charge is -1.94. The number of Topliss-reactive ketones (excluding diaryl/α,β-unsaturated/α-hetero) is 1. The fraction of sp³-hybridized carbons (Fsp3) is 0.222. The van der Waals surface area contributed by atoms with Crippen molar-refractivity contribution in [3.05, 3.63) is 23.6 Å². The van der Waals surface area contributed by atoms with Crippen molar-refractivity contribution in [2.45, 2.75) is 6.92 Å². The van der Waals surface area contributed by atoms with Crippen molar-refractivity contribution in [2.24, 2.45) is 7.05 Å². The van der Waals surface area contributed by atoms with Crippen LogP contribution >= 0.6 is 11.3 Å². The molecule has 2 rings (SSSR count). The maximum Gasteiger partial charge on any atom is 0.171 e. The Morgan fingerprint density at radius 3 is 2.79 bits per heavy atom. The molecular weight excluding hydrogens is 198 g/mol. The van der Waals surface area contributed by atoms with E-state index in [1.54, 1.807) is 25.6 Å². The number of nitrogens with zero attached hydrogens (tertiary/aromatic N) is 3. The molecule has 14 heavy (non-hydrogen) atoms. The molecule has 72 valence electrons. The van der Waals surface area contributed by atoms with Crippen LogP contribution in [0.5, 0.6) is 0 Å². The van der Waals surface area contributed by atoms with Crippen LogP contribution in [0.15, 0.2) is 18.7 Å². The molecule has 0 aromatic carbocycles. The number of rotatable bonds is 2. The molecule has 2 aromatic rings. The van der Waals surface area contributed by atoms with E-state index in [1.807, 2.05) is 11.6 Å². The maximum atomic E-state index is 11.1. The fourth-order valence-electron chi connectivity index (χ4n) is 1.12. The van der Waals surface area contributed by atoms with Gasteiger partial charge in [0.15, 0.2) is 5.78 Å². The molecule has 2 aromatic heterocycles. The van der Waals surface area contributed by atoms with Crippen molar-refractivity contribution in [3.63, 3.8) is 0 Å². The second-order valence-corrected chi connectivity index (χ2v) is 4.01. The van der Waals surface area contributed by atoms with Gasteiger partial charge in [-0.1, -0.05) is 0 Å². The standard InChI is InChI=1S/C9H9N3OS/c1-6(13)8-4-11-9(14-8)7-3-10-5-12(7)2/h3-5H,1-2H3. The minimum Gasteiger partial charge on any atom is -0.332 e. The number of imidazole rings is 1. The van der Waals surface area contributed by atoms with Crippen LogP contribution in [0.3, 0.4) is 0 Å². The van der Waals surface area contributed by atoms with Crippen molar-refractivity contribution in [1.82, 2.24) is 14.5 Å². The smallest absolute Gasteiger partial charge is 0.171 e. The molecule has 0 radical (unpaired) electrons. The quantitative estimate of drug-likeness (QED) is 0.705. The van der Waals surface area contributed by atoms with Crippen molar-refractivity contribution >= 4 is 17.1 Å². The van der Waals surface area contributed by atoms with Gasteiger partial charge in [0, 0.05) is 20.2 Å². The molecule has 0 aliphatic rings. The van der Waals surface area contributed by atoms with E-state index in [9.17, 15) is 4.79 Å². The highest BCUT2D eigenvalue weighted by Crippen LogP contribution is 2.24. The Morgan fingerprint density at radius 2 is 2.29 bits per heavy atom. The molecule has 0 aliphatic carbocycles. The van der Waals surface area contributed by atoms with E-state index < -0.39 is 0 Å². The topological polar surface area (TPSA) is 47.8 Å². The summed E-state index contributed by atoms with van der Waals surface area (Å²) in [7, 11) is 1.90. The molecule has 0 aliphatic heterocycles. The van der Waals surface area contributed by atoms with Crippen LogP contribution in [0.25, 0.3) is 10.7 Å². The molecule has 4 nitrogen and oxygen atoms in total. The summed E-state index contributed by atoms with van der Waals surface area (Å²) >= 11 is 1.39. The van der Waals surface area contributed by atoms with Crippen molar-refractivity contribution in [3.8, 4) is 10.7 Å². The minimum absolute atomic E-state index is 0.0518. The van der Waals surface area contributed by atoms with Crippen LogP contribution in [0, 0.1) is 0 Å². The van der Waals surface area contributed by atoms with E-state index in [4.69, 9.17) is 0 Å². The third-order valence-corrected chi connectivity index (χ3v) is 3.01. The normalized spacial score (nSPS) is 10.4. The zero-order chi connectivity index (χ0) is 10.1. The predicted molar refractivity (Wildman–Crippen MR) is 54.3 cm³/mol. The van der Waals surface area contributed by atoms with E-state index in [1.165, 1.54) is 11.3 Å². The summed E-state index contributed by atoms with van der Waals surface area (Å²) in [4.78, 5) is 19.9. The number of aromatic nitrogens is 3. The maximum absolute atomic E-state index is 11.1. The summed E-state index contributed by atoms with van der Waals surface area (Å²) in [6.45, 7) is 1.54. The van der Waals surface area contributed by atoms with Crippen LogP contribution < -0.4 is 0 Å². The number of carbonyl (C=O) groups excluding carboxylic acids is 1. The Hall–Kier alpha value is -1.49. The molecule has 2 heterocycles. The molecule has 0 fully saturated rings. The lowest BCUT2D eigenvalue weighted by molar-refractivity contribution is 0.102. The van der Waals surface area contributed by atoms with Crippen LogP contribution in [-0.2, 0) is 7.05 Å². The van der Waals surface area contributed by atoms with Crippen molar-refractivity contribution in [1.29, 1.82) is 0 Å². The number of hydrogen-bond acceptors (Lipinski definition) is 4. The van der Waals surface area contributed by atoms with Gasteiger partial charge in [0.05, 0.1) is 23.1 Å². The number of ketones is 1. The first kappa shape index (κ1) is 9.08. The van der Waals surface area contributed by atoms with Gasteiger partial charge in [0.2, 0.25) is 0 Å². The predicted octanol–water partition coefficient (Wildman–Crippen LogP) is 1.75. The third-order valence-electron chi connectivity index (χ3n) is 1.89.